The predicted octanol–water partition coefficient (Wildman–Crippen LogP) is 3.92. The maximum absolute atomic E-state index is 12.5. The maximum atomic E-state index is 12.5. The number of amides is 2. The number of aromatic nitrogens is 1. The van der Waals surface area contributed by atoms with Crippen LogP contribution in [-0.4, -0.2) is 51.5 Å². The van der Waals surface area contributed by atoms with E-state index < -0.39 is 11.7 Å². The number of carbonyl (C=O) groups is 2. The molecule has 1 aliphatic heterocycles. The summed E-state index contributed by atoms with van der Waals surface area (Å²) in [5.41, 5.74) is 0.147. The van der Waals surface area contributed by atoms with Gasteiger partial charge in [-0.2, -0.15) is 0 Å². The van der Waals surface area contributed by atoms with Crippen molar-refractivity contribution >= 4 is 35.2 Å². The fourth-order valence-electron chi connectivity index (χ4n) is 2.86. The molecular formula is C17H23Cl2N3O3. The zero-order valence-electron chi connectivity index (χ0n) is 15.0. The Bertz CT molecular complexity index is 655. The van der Waals surface area contributed by atoms with Crippen LogP contribution in [0.15, 0.2) is 12.1 Å². The van der Waals surface area contributed by atoms with Crippen molar-refractivity contribution in [3.63, 3.8) is 0 Å². The summed E-state index contributed by atoms with van der Waals surface area (Å²) in [5, 5.41) is 0.488. The van der Waals surface area contributed by atoms with Crippen LogP contribution in [0.25, 0.3) is 0 Å². The average Bonchev–Trinajstić information content (AvgIpc) is 2.43. The molecule has 1 saturated heterocycles. The van der Waals surface area contributed by atoms with Crippen LogP contribution >= 0.6 is 23.2 Å². The van der Waals surface area contributed by atoms with Gasteiger partial charge in [-0.1, -0.05) is 23.2 Å². The third-order valence-electron chi connectivity index (χ3n) is 3.94. The molecule has 0 radical (unpaired) electrons. The van der Waals surface area contributed by atoms with Gasteiger partial charge in [0.05, 0.1) is 6.04 Å². The van der Waals surface area contributed by atoms with Gasteiger partial charge in [-0.05, 0) is 45.4 Å². The molecule has 0 bridgehead atoms. The second kappa shape index (κ2) is 7.38. The molecule has 0 aromatic carbocycles. The lowest BCUT2D eigenvalue weighted by atomic mass is 10.0. The van der Waals surface area contributed by atoms with Crippen LogP contribution in [0.2, 0.25) is 10.3 Å². The molecule has 2 heterocycles. The van der Waals surface area contributed by atoms with E-state index >= 15 is 0 Å². The summed E-state index contributed by atoms with van der Waals surface area (Å²) in [7, 11) is 0. The third-order valence-corrected chi connectivity index (χ3v) is 4.33. The van der Waals surface area contributed by atoms with Crippen LogP contribution < -0.4 is 0 Å². The van der Waals surface area contributed by atoms with Gasteiger partial charge < -0.3 is 14.5 Å². The Balaban J connectivity index is 2.34. The van der Waals surface area contributed by atoms with E-state index in [4.69, 9.17) is 27.9 Å². The number of piperazine rings is 1. The Morgan fingerprint density at radius 3 is 2.20 bits per heavy atom. The Morgan fingerprint density at radius 1 is 1.16 bits per heavy atom. The van der Waals surface area contributed by atoms with Crippen LogP contribution in [-0.2, 0) is 9.53 Å². The summed E-state index contributed by atoms with van der Waals surface area (Å²) in [5.74, 6) is -0.0789. The molecule has 2 atom stereocenters. The van der Waals surface area contributed by atoms with E-state index in [2.05, 4.69) is 4.98 Å². The molecule has 1 aromatic heterocycles. The smallest absolute Gasteiger partial charge is 0.410 e. The molecule has 138 valence electrons. The predicted molar refractivity (Wildman–Crippen MR) is 96.8 cm³/mol. The van der Waals surface area contributed by atoms with Gasteiger partial charge >= 0.3 is 6.09 Å². The van der Waals surface area contributed by atoms with Crippen molar-refractivity contribution in [2.45, 2.75) is 52.3 Å². The highest BCUT2D eigenvalue weighted by atomic mass is 35.5. The maximum Gasteiger partial charge on any atom is 0.410 e. The molecule has 1 aliphatic rings. The van der Waals surface area contributed by atoms with Crippen molar-refractivity contribution in [3.8, 4) is 0 Å². The fourth-order valence-corrected chi connectivity index (χ4v) is 3.34. The Kier molecular flexibility index (Phi) is 5.84. The van der Waals surface area contributed by atoms with Crippen LogP contribution in [0.4, 0.5) is 4.79 Å². The minimum atomic E-state index is -0.590. The van der Waals surface area contributed by atoms with Crippen molar-refractivity contribution in [1.29, 1.82) is 0 Å². The van der Waals surface area contributed by atoms with Gasteiger partial charge in [-0.15, -0.1) is 0 Å². The lowest BCUT2D eigenvalue weighted by Gasteiger charge is -2.45. The molecule has 2 amide bonds. The first-order valence-corrected chi connectivity index (χ1v) is 8.83. The minimum absolute atomic E-state index is 0.0789. The summed E-state index contributed by atoms with van der Waals surface area (Å²) in [6.45, 7) is 9.56. The van der Waals surface area contributed by atoms with E-state index in [1.165, 1.54) is 6.92 Å². The van der Waals surface area contributed by atoms with E-state index in [-0.39, 0.29) is 28.3 Å². The Morgan fingerprint density at radius 2 is 1.72 bits per heavy atom. The molecular weight excluding hydrogens is 365 g/mol. The molecule has 6 nitrogen and oxygen atoms in total. The summed E-state index contributed by atoms with van der Waals surface area (Å²) < 4.78 is 5.49. The molecule has 0 saturated carbocycles. The van der Waals surface area contributed by atoms with Gasteiger partial charge in [0.15, 0.2) is 0 Å². The van der Waals surface area contributed by atoms with Crippen molar-refractivity contribution in [2.24, 2.45) is 0 Å². The SMILES string of the molecule is CC(=O)N1CC(C)N(C(=O)OC(C)(C)C)CC1c1cc(Cl)nc(Cl)c1. The number of rotatable bonds is 1. The van der Waals surface area contributed by atoms with Crippen molar-refractivity contribution < 1.29 is 14.3 Å². The van der Waals surface area contributed by atoms with Crippen LogP contribution in [0, 0.1) is 0 Å². The first-order valence-electron chi connectivity index (χ1n) is 8.07. The molecule has 0 N–H and O–H groups in total. The van der Waals surface area contributed by atoms with E-state index in [9.17, 15) is 9.59 Å². The molecule has 0 spiro atoms. The highest BCUT2D eigenvalue weighted by Crippen LogP contribution is 2.31. The van der Waals surface area contributed by atoms with Gasteiger partial charge in [0.25, 0.3) is 0 Å². The lowest BCUT2D eigenvalue weighted by molar-refractivity contribution is -0.135. The minimum Gasteiger partial charge on any atom is -0.444 e. The number of halogens is 2. The Hall–Kier alpha value is -1.53. The van der Waals surface area contributed by atoms with E-state index in [0.29, 0.717) is 13.1 Å². The zero-order valence-corrected chi connectivity index (χ0v) is 16.6. The van der Waals surface area contributed by atoms with E-state index in [0.717, 1.165) is 5.56 Å². The fraction of sp³-hybridized carbons (Fsp3) is 0.588. The number of ether oxygens (including phenoxy) is 1. The number of nitrogens with zero attached hydrogens (tertiary/aromatic N) is 3. The van der Waals surface area contributed by atoms with Gasteiger partial charge in [0.1, 0.15) is 15.9 Å². The summed E-state index contributed by atoms with van der Waals surface area (Å²) in [6.07, 6.45) is -0.403. The summed E-state index contributed by atoms with van der Waals surface area (Å²) >= 11 is 12.0. The van der Waals surface area contributed by atoms with Gasteiger partial charge in [-0.3, -0.25) is 4.79 Å². The second-order valence-corrected chi connectivity index (χ2v) is 7.99. The number of carbonyl (C=O) groups excluding carboxylic acids is 2. The quantitative estimate of drug-likeness (QED) is 0.685. The van der Waals surface area contributed by atoms with Crippen LogP contribution in [0.3, 0.4) is 0 Å². The normalized spacial score (nSPS) is 21.2. The van der Waals surface area contributed by atoms with Crippen molar-refractivity contribution in [3.05, 3.63) is 28.0 Å². The first-order chi connectivity index (χ1) is 11.5. The highest BCUT2D eigenvalue weighted by molar-refractivity contribution is 6.32. The lowest BCUT2D eigenvalue weighted by Crippen LogP contribution is -2.57. The Labute approximate surface area is 158 Å². The number of pyridine rings is 1. The van der Waals surface area contributed by atoms with E-state index in [1.54, 1.807) is 21.9 Å². The van der Waals surface area contributed by atoms with Gasteiger partial charge in [0.2, 0.25) is 5.91 Å². The molecule has 25 heavy (non-hydrogen) atoms. The zero-order chi connectivity index (χ0) is 18.9. The average molecular weight is 388 g/mol. The van der Waals surface area contributed by atoms with E-state index in [1.807, 2.05) is 27.7 Å². The van der Waals surface area contributed by atoms with Gasteiger partial charge in [0, 0.05) is 26.1 Å². The van der Waals surface area contributed by atoms with Gasteiger partial charge in [-0.25, -0.2) is 9.78 Å². The topological polar surface area (TPSA) is 62.7 Å². The van der Waals surface area contributed by atoms with Crippen molar-refractivity contribution in [2.75, 3.05) is 13.1 Å². The molecule has 0 aliphatic carbocycles. The first kappa shape index (κ1) is 19.8. The second-order valence-electron chi connectivity index (χ2n) is 7.21. The molecule has 8 heteroatoms. The molecule has 1 aromatic rings. The molecule has 2 rings (SSSR count). The summed E-state index contributed by atoms with van der Waals surface area (Å²) in [6, 6.07) is 2.80. The highest BCUT2D eigenvalue weighted by Gasteiger charge is 2.38. The number of hydrogen-bond acceptors (Lipinski definition) is 4. The monoisotopic (exact) mass is 387 g/mol. The molecule has 1 fully saturated rings. The summed E-state index contributed by atoms with van der Waals surface area (Å²) in [4.78, 5) is 32.0. The molecule has 2 unspecified atom stereocenters. The van der Waals surface area contributed by atoms with Crippen LogP contribution in [0.1, 0.15) is 46.2 Å². The van der Waals surface area contributed by atoms with Crippen molar-refractivity contribution in [1.82, 2.24) is 14.8 Å². The van der Waals surface area contributed by atoms with Crippen LogP contribution in [0.5, 0.6) is 0 Å². The number of hydrogen-bond donors (Lipinski definition) is 0. The largest absolute Gasteiger partial charge is 0.444 e. The third kappa shape index (κ3) is 4.98. The standard InChI is InChI=1S/C17H23Cl2N3O3/c1-10-8-22(11(2)23)13(12-6-14(18)20-15(19)7-12)9-21(10)16(24)25-17(3,4)5/h6-7,10,13H,8-9H2,1-5H3.